The molecule has 0 aromatic carbocycles. The molecule has 3 heterocycles. The second kappa shape index (κ2) is 7.61. The molecule has 1 spiro atoms. The van der Waals surface area contributed by atoms with E-state index in [2.05, 4.69) is 10.6 Å². The summed E-state index contributed by atoms with van der Waals surface area (Å²) in [5, 5.41) is 6.21. The Hall–Kier alpha value is -1.30. The predicted octanol–water partition coefficient (Wildman–Crippen LogP) is 2.67. The maximum Gasteiger partial charge on any atom is 0.317 e. The molecule has 4 rings (SSSR count). The Bertz CT molecular complexity index is 575. The molecule has 152 valence electrons. The van der Waals surface area contributed by atoms with Gasteiger partial charge in [-0.2, -0.15) is 0 Å². The number of carbonyl (C=O) groups is 2. The van der Waals surface area contributed by atoms with Crippen molar-refractivity contribution in [1.82, 2.24) is 15.5 Å². The summed E-state index contributed by atoms with van der Waals surface area (Å²) in [6, 6.07) is 0.156. The number of nitrogens with one attached hydrogen (secondary N) is 2. The van der Waals surface area contributed by atoms with Gasteiger partial charge in [0, 0.05) is 37.4 Å². The molecular weight excluding hydrogens is 342 g/mol. The second-order valence-electron chi connectivity index (χ2n) is 9.53. The Kier molecular flexibility index (Phi) is 5.36. The van der Waals surface area contributed by atoms with E-state index in [1.54, 1.807) is 0 Å². The normalized spacial score (nSPS) is 35.5. The van der Waals surface area contributed by atoms with Crippen LogP contribution in [0, 0.1) is 17.8 Å². The van der Waals surface area contributed by atoms with Gasteiger partial charge in [-0.05, 0) is 45.4 Å². The fourth-order valence-electron chi connectivity index (χ4n) is 5.91. The highest BCUT2D eigenvalue weighted by molar-refractivity contribution is 5.76. The number of likely N-dealkylation sites (tertiary alicyclic amines) is 1. The maximum atomic E-state index is 12.4. The van der Waals surface area contributed by atoms with Crippen molar-refractivity contribution in [2.75, 3.05) is 19.6 Å². The fourth-order valence-corrected chi connectivity index (χ4v) is 5.91. The third-order valence-electron chi connectivity index (χ3n) is 7.22. The molecule has 27 heavy (non-hydrogen) atoms. The van der Waals surface area contributed by atoms with Crippen molar-refractivity contribution >= 4 is 11.9 Å². The first-order chi connectivity index (χ1) is 13.0. The van der Waals surface area contributed by atoms with E-state index in [0.29, 0.717) is 37.3 Å². The number of fused-ring (bicyclic) bond motifs is 1. The number of hydrogen-bond donors (Lipinski definition) is 2. The topological polar surface area (TPSA) is 70.7 Å². The number of hydrogen-bond acceptors (Lipinski definition) is 3. The number of rotatable bonds is 5. The summed E-state index contributed by atoms with van der Waals surface area (Å²) in [5.41, 5.74) is -0.169. The van der Waals surface area contributed by atoms with Gasteiger partial charge in [-0.3, -0.25) is 4.79 Å². The van der Waals surface area contributed by atoms with Crippen molar-refractivity contribution in [2.24, 2.45) is 17.8 Å². The maximum absolute atomic E-state index is 12.4. The van der Waals surface area contributed by atoms with Gasteiger partial charge in [0.1, 0.15) is 0 Å². The number of nitrogens with zero attached hydrogens (tertiary/aromatic N) is 1. The highest BCUT2D eigenvalue weighted by Crippen LogP contribution is 2.54. The van der Waals surface area contributed by atoms with Crippen LogP contribution in [0.4, 0.5) is 4.79 Å². The summed E-state index contributed by atoms with van der Waals surface area (Å²) in [7, 11) is 0. The first-order valence-corrected chi connectivity index (χ1v) is 11.0. The minimum absolute atomic E-state index is 0.0147. The van der Waals surface area contributed by atoms with Crippen LogP contribution < -0.4 is 10.6 Å². The van der Waals surface area contributed by atoms with E-state index < -0.39 is 0 Å². The van der Waals surface area contributed by atoms with Crippen LogP contribution in [0.15, 0.2) is 0 Å². The molecule has 6 heteroatoms. The molecule has 4 aliphatic rings. The Labute approximate surface area is 162 Å². The largest absolute Gasteiger partial charge is 0.369 e. The van der Waals surface area contributed by atoms with E-state index in [0.717, 1.165) is 19.4 Å². The molecular formula is C21H35N3O3. The Morgan fingerprint density at radius 2 is 1.96 bits per heavy atom. The lowest BCUT2D eigenvalue weighted by Crippen LogP contribution is -2.43. The van der Waals surface area contributed by atoms with Gasteiger partial charge in [0.15, 0.2) is 0 Å². The molecule has 1 saturated carbocycles. The van der Waals surface area contributed by atoms with Gasteiger partial charge in [-0.1, -0.05) is 19.3 Å². The van der Waals surface area contributed by atoms with Gasteiger partial charge in [0.05, 0.1) is 18.2 Å². The van der Waals surface area contributed by atoms with Crippen LogP contribution in [0.3, 0.4) is 0 Å². The first-order valence-electron chi connectivity index (χ1n) is 11.0. The molecule has 0 radical (unpaired) electrons. The van der Waals surface area contributed by atoms with E-state index in [4.69, 9.17) is 4.74 Å². The number of carbonyl (C=O) groups excluding carboxylic acids is 2. The van der Waals surface area contributed by atoms with Crippen LogP contribution in [0.5, 0.6) is 0 Å². The molecule has 2 bridgehead atoms. The minimum Gasteiger partial charge on any atom is -0.369 e. The van der Waals surface area contributed by atoms with Crippen LogP contribution in [0.25, 0.3) is 0 Å². The summed E-state index contributed by atoms with van der Waals surface area (Å²) < 4.78 is 6.39. The van der Waals surface area contributed by atoms with Gasteiger partial charge in [-0.15, -0.1) is 0 Å². The number of ether oxygens (including phenoxy) is 1. The van der Waals surface area contributed by atoms with E-state index in [1.165, 1.54) is 32.1 Å². The van der Waals surface area contributed by atoms with E-state index >= 15 is 0 Å². The van der Waals surface area contributed by atoms with Crippen molar-refractivity contribution in [2.45, 2.75) is 83.0 Å². The van der Waals surface area contributed by atoms with E-state index in [-0.39, 0.29) is 29.7 Å². The quantitative estimate of drug-likeness (QED) is 0.774. The lowest BCUT2D eigenvalue weighted by Gasteiger charge is -2.29. The predicted molar refractivity (Wildman–Crippen MR) is 103 cm³/mol. The van der Waals surface area contributed by atoms with Gasteiger partial charge >= 0.3 is 6.03 Å². The molecule has 3 aliphatic heterocycles. The average Bonchev–Trinajstić information content (AvgIpc) is 3.28. The highest BCUT2D eigenvalue weighted by atomic mass is 16.5. The summed E-state index contributed by atoms with van der Waals surface area (Å²) >= 11 is 0. The Balaban J connectivity index is 1.31. The van der Waals surface area contributed by atoms with Crippen LogP contribution in [0.2, 0.25) is 0 Å². The lowest BCUT2D eigenvalue weighted by atomic mass is 9.73. The summed E-state index contributed by atoms with van der Waals surface area (Å²) in [4.78, 5) is 26.8. The Morgan fingerprint density at radius 3 is 2.70 bits per heavy atom. The fraction of sp³-hybridized carbons (Fsp3) is 0.905. The van der Waals surface area contributed by atoms with Gasteiger partial charge in [-0.25, -0.2) is 4.79 Å². The highest BCUT2D eigenvalue weighted by Gasteiger charge is 2.63. The third kappa shape index (κ3) is 3.82. The molecule has 3 saturated heterocycles. The summed E-state index contributed by atoms with van der Waals surface area (Å²) in [5.74, 6) is 1.46. The number of urea groups is 1. The standard InChI is InChI=1S/C21H35N3O3/c1-14(2)23-20(26)24-12-17-16(18-8-9-21(17,13-24)27-18)11-22-19(25)10-15-6-4-3-5-7-15/h14-18H,3-13H2,1-2H3,(H,22,25)(H,23,26)/t16-,17+,18+,21+/m0/s1. The Morgan fingerprint density at radius 1 is 1.19 bits per heavy atom. The molecule has 3 amide bonds. The summed E-state index contributed by atoms with van der Waals surface area (Å²) in [6.07, 6.45) is 9.30. The van der Waals surface area contributed by atoms with Crippen molar-refractivity contribution in [1.29, 1.82) is 0 Å². The third-order valence-corrected chi connectivity index (χ3v) is 7.22. The molecule has 0 aromatic rings. The van der Waals surface area contributed by atoms with Crippen LogP contribution in [-0.4, -0.2) is 54.2 Å². The van der Waals surface area contributed by atoms with Crippen LogP contribution in [-0.2, 0) is 9.53 Å². The van der Waals surface area contributed by atoms with Crippen molar-refractivity contribution in [3.05, 3.63) is 0 Å². The second-order valence-corrected chi connectivity index (χ2v) is 9.53. The molecule has 2 N–H and O–H groups in total. The molecule has 4 atom stereocenters. The molecule has 6 nitrogen and oxygen atoms in total. The van der Waals surface area contributed by atoms with Crippen LogP contribution in [0.1, 0.15) is 65.2 Å². The smallest absolute Gasteiger partial charge is 0.317 e. The van der Waals surface area contributed by atoms with E-state index in [1.807, 2.05) is 18.7 Å². The van der Waals surface area contributed by atoms with Gasteiger partial charge < -0.3 is 20.3 Å². The van der Waals surface area contributed by atoms with Gasteiger partial charge in [0.2, 0.25) is 5.91 Å². The van der Waals surface area contributed by atoms with E-state index in [9.17, 15) is 9.59 Å². The zero-order valence-corrected chi connectivity index (χ0v) is 16.8. The average molecular weight is 378 g/mol. The molecule has 1 aliphatic carbocycles. The van der Waals surface area contributed by atoms with Crippen molar-refractivity contribution in [3.63, 3.8) is 0 Å². The van der Waals surface area contributed by atoms with Gasteiger partial charge in [0.25, 0.3) is 0 Å². The number of amides is 3. The van der Waals surface area contributed by atoms with Crippen molar-refractivity contribution < 1.29 is 14.3 Å². The monoisotopic (exact) mass is 377 g/mol. The zero-order valence-electron chi connectivity index (χ0n) is 16.8. The van der Waals surface area contributed by atoms with Crippen molar-refractivity contribution in [3.8, 4) is 0 Å². The minimum atomic E-state index is -0.169. The zero-order chi connectivity index (χ0) is 19.0. The molecule has 4 fully saturated rings. The molecule has 0 aromatic heterocycles. The molecule has 0 unspecified atom stereocenters. The SMILES string of the molecule is CC(C)NC(=O)N1C[C@@H]2[C@H](CNC(=O)CC3CCCCC3)[C@H]3CC[C@]2(C1)O3. The summed E-state index contributed by atoms with van der Waals surface area (Å²) in [6.45, 7) is 6.11. The first kappa shape index (κ1) is 19.0. The van der Waals surface area contributed by atoms with Crippen LogP contribution >= 0.6 is 0 Å². The lowest BCUT2D eigenvalue weighted by molar-refractivity contribution is -0.122.